The molecule has 1 aliphatic heterocycles. The van der Waals surface area contributed by atoms with Gasteiger partial charge in [-0.1, -0.05) is 62.6 Å². The molecule has 130 valence electrons. The quantitative estimate of drug-likeness (QED) is 0.536. The van der Waals surface area contributed by atoms with Crippen LogP contribution in [-0.2, 0) is 0 Å². The van der Waals surface area contributed by atoms with Crippen LogP contribution >= 0.6 is 11.8 Å². The highest BCUT2D eigenvalue weighted by molar-refractivity contribution is 8.03. The number of rotatable bonds is 8. The van der Waals surface area contributed by atoms with Crippen molar-refractivity contribution in [2.75, 3.05) is 18.8 Å². The molecule has 1 heterocycles. The molecule has 0 radical (unpaired) electrons. The number of hydrogen-bond acceptors (Lipinski definition) is 3. The molecule has 0 spiro atoms. The smallest absolute Gasteiger partial charge is 0.0901 e. The van der Waals surface area contributed by atoms with Crippen molar-refractivity contribution in [2.24, 2.45) is 0 Å². The van der Waals surface area contributed by atoms with Gasteiger partial charge >= 0.3 is 0 Å². The fraction of sp³-hybridized carbons (Fsp3) is 0.524. The van der Waals surface area contributed by atoms with Gasteiger partial charge in [-0.05, 0) is 43.8 Å². The van der Waals surface area contributed by atoms with E-state index in [1.165, 1.54) is 49.2 Å². The van der Waals surface area contributed by atoms with Crippen LogP contribution in [0.25, 0.3) is 0 Å². The molecule has 2 N–H and O–H groups in total. The lowest BCUT2D eigenvalue weighted by Gasteiger charge is -2.26. The molecular weight excluding hydrogens is 312 g/mol. The van der Waals surface area contributed by atoms with Crippen molar-refractivity contribution in [3.05, 3.63) is 46.9 Å². The largest absolute Gasteiger partial charge is 0.298 e. The van der Waals surface area contributed by atoms with E-state index in [9.17, 15) is 0 Å². The van der Waals surface area contributed by atoms with Crippen LogP contribution in [0.4, 0.5) is 0 Å². The molecule has 1 fully saturated rings. The maximum Gasteiger partial charge on any atom is 0.0901 e. The second kappa shape index (κ2) is 12.2. The highest BCUT2D eigenvalue weighted by Gasteiger charge is 2.16. The molecular formula is C21H30N2S. The number of thioether (sulfide) groups is 1. The van der Waals surface area contributed by atoms with Gasteiger partial charge in [0.15, 0.2) is 0 Å². The van der Waals surface area contributed by atoms with Crippen LogP contribution in [0.15, 0.2) is 41.3 Å². The van der Waals surface area contributed by atoms with E-state index in [4.69, 9.17) is 0 Å². The molecule has 2 rings (SSSR count). The van der Waals surface area contributed by atoms with Crippen molar-refractivity contribution in [1.29, 1.82) is 0 Å². The van der Waals surface area contributed by atoms with Crippen LogP contribution in [-0.4, -0.2) is 25.0 Å². The monoisotopic (exact) mass is 342 g/mol. The highest BCUT2D eigenvalue weighted by atomic mass is 32.2. The van der Waals surface area contributed by atoms with Crippen molar-refractivity contribution in [1.82, 2.24) is 10.6 Å². The van der Waals surface area contributed by atoms with Gasteiger partial charge in [0.1, 0.15) is 0 Å². The van der Waals surface area contributed by atoms with Gasteiger partial charge in [-0.15, -0.1) is 11.8 Å². The van der Waals surface area contributed by atoms with Gasteiger partial charge in [-0.3, -0.25) is 10.6 Å². The first-order chi connectivity index (χ1) is 11.9. The molecule has 24 heavy (non-hydrogen) atoms. The molecule has 2 nitrogen and oxygen atoms in total. The fourth-order valence-electron chi connectivity index (χ4n) is 2.67. The van der Waals surface area contributed by atoms with Crippen molar-refractivity contribution >= 4 is 11.8 Å². The summed E-state index contributed by atoms with van der Waals surface area (Å²) in [5.74, 6) is 7.67. The van der Waals surface area contributed by atoms with Crippen molar-refractivity contribution < 1.29 is 0 Å². The van der Waals surface area contributed by atoms with Gasteiger partial charge < -0.3 is 0 Å². The van der Waals surface area contributed by atoms with E-state index in [-0.39, 0.29) is 6.17 Å². The van der Waals surface area contributed by atoms with Gasteiger partial charge in [0.2, 0.25) is 0 Å². The predicted octanol–water partition coefficient (Wildman–Crippen LogP) is 4.53. The molecule has 1 saturated heterocycles. The summed E-state index contributed by atoms with van der Waals surface area (Å²) in [4.78, 5) is 1.33. The number of allylic oxidation sites excluding steroid dienone is 1. The van der Waals surface area contributed by atoms with Gasteiger partial charge in [-0.2, -0.15) is 0 Å². The fourth-order valence-corrected chi connectivity index (χ4v) is 3.73. The molecule has 0 amide bonds. The van der Waals surface area contributed by atoms with Gasteiger partial charge in [0.25, 0.3) is 0 Å². The van der Waals surface area contributed by atoms with Crippen molar-refractivity contribution in [3.63, 3.8) is 0 Å². The maximum absolute atomic E-state index is 3.56. The number of benzene rings is 1. The molecule has 1 aliphatic rings. The Morgan fingerprint density at radius 3 is 2.62 bits per heavy atom. The van der Waals surface area contributed by atoms with Gasteiger partial charge in [0, 0.05) is 16.5 Å². The Balaban J connectivity index is 1.89. The predicted molar refractivity (Wildman–Crippen MR) is 107 cm³/mol. The van der Waals surface area contributed by atoms with Crippen LogP contribution in [0.2, 0.25) is 0 Å². The molecule has 0 atom stereocenters. The molecule has 0 aromatic heterocycles. The maximum atomic E-state index is 3.56. The van der Waals surface area contributed by atoms with Gasteiger partial charge in [-0.25, -0.2) is 0 Å². The minimum absolute atomic E-state index is 0.268. The standard InChI is InChI=1S/C21H30N2S/c1-2-3-4-5-9-18-24-20(21-22-16-11-17-23-21)15-10-14-19-12-7-6-8-13-19/h6-8,12-13,15,21-23H,2-5,9,11,16-18H2,1H3/b20-15-. The Bertz CT molecular complexity index is 536. The van der Waals surface area contributed by atoms with E-state index in [2.05, 4.69) is 47.6 Å². The number of hydrogen-bond donors (Lipinski definition) is 2. The average Bonchev–Trinajstić information content (AvgIpc) is 2.64. The number of nitrogens with one attached hydrogen (secondary N) is 2. The van der Waals surface area contributed by atoms with E-state index in [1.54, 1.807) is 0 Å². The Labute approximate surface area is 151 Å². The Hall–Kier alpha value is -1.21. The van der Waals surface area contributed by atoms with Crippen LogP contribution in [0, 0.1) is 11.8 Å². The van der Waals surface area contributed by atoms with Crippen LogP contribution < -0.4 is 10.6 Å². The SMILES string of the molecule is CCCCCCCS/C(=C\C#Cc1ccccc1)C1NCCCN1. The topological polar surface area (TPSA) is 24.1 Å². The average molecular weight is 343 g/mol. The van der Waals surface area contributed by atoms with E-state index in [0.717, 1.165) is 18.7 Å². The van der Waals surface area contributed by atoms with E-state index < -0.39 is 0 Å². The normalized spacial score (nSPS) is 15.8. The Kier molecular flexibility index (Phi) is 9.72. The summed E-state index contributed by atoms with van der Waals surface area (Å²) >= 11 is 1.95. The Morgan fingerprint density at radius 1 is 1.12 bits per heavy atom. The van der Waals surface area contributed by atoms with Crippen LogP contribution in [0.3, 0.4) is 0 Å². The van der Waals surface area contributed by atoms with Crippen molar-refractivity contribution in [2.45, 2.75) is 51.6 Å². The minimum Gasteiger partial charge on any atom is -0.298 e. The lowest BCUT2D eigenvalue weighted by Crippen LogP contribution is -2.48. The second-order valence-electron chi connectivity index (χ2n) is 6.14. The minimum atomic E-state index is 0.268. The zero-order valence-electron chi connectivity index (χ0n) is 14.8. The number of unbranched alkanes of at least 4 members (excludes halogenated alkanes) is 4. The van der Waals surface area contributed by atoms with E-state index >= 15 is 0 Å². The lowest BCUT2D eigenvalue weighted by atomic mass is 10.2. The summed E-state index contributed by atoms with van der Waals surface area (Å²) in [6.07, 6.45) is 10.2. The van der Waals surface area contributed by atoms with Crippen LogP contribution in [0.1, 0.15) is 51.0 Å². The first-order valence-electron chi connectivity index (χ1n) is 9.26. The molecule has 0 bridgehead atoms. The molecule has 0 unspecified atom stereocenters. The molecule has 0 aliphatic carbocycles. The Morgan fingerprint density at radius 2 is 1.88 bits per heavy atom. The second-order valence-corrected chi connectivity index (χ2v) is 7.31. The summed E-state index contributed by atoms with van der Waals surface area (Å²) in [5.41, 5.74) is 1.07. The highest BCUT2D eigenvalue weighted by Crippen LogP contribution is 2.21. The zero-order chi connectivity index (χ0) is 16.9. The summed E-state index contributed by atoms with van der Waals surface area (Å²) in [5, 5.41) is 7.12. The van der Waals surface area contributed by atoms with Crippen molar-refractivity contribution in [3.8, 4) is 11.8 Å². The third kappa shape index (κ3) is 7.57. The van der Waals surface area contributed by atoms with E-state index in [1.807, 2.05) is 30.0 Å². The molecule has 1 aromatic carbocycles. The summed E-state index contributed by atoms with van der Waals surface area (Å²) in [6, 6.07) is 10.2. The lowest BCUT2D eigenvalue weighted by molar-refractivity contribution is 0.420. The first kappa shape index (κ1) is 19.1. The van der Waals surface area contributed by atoms with Gasteiger partial charge in [0.05, 0.1) is 6.17 Å². The third-order valence-electron chi connectivity index (χ3n) is 4.06. The molecule has 3 heteroatoms. The summed E-state index contributed by atoms with van der Waals surface area (Å²) < 4.78 is 0. The molecule has 0 saturated carbocycles. The third-order valence-corrected chi connectivity index (χ3v) is 5.24. The van der Waals surface area contributed by atoms with Crippen LogP contribution in [0.5, 0.6) is 0 Å². The molecule has 1 aromatic rings. The van der Waals surface area contributed by atoms with E-state index in [0.29, 0.717) is 0 Å². The zero-order valence-corrected chi connectivity index (χ0v) is 15.6. The first-order valence-corrected chi connectivity index (χ1v) is 10.2. The summed E-state index contributed by atoms with van der Waals surface area (Å²) in [6.45, 7) is 4.43. The summed E-state index contributed by atoms with van der Waals surface area (Å²) in [7, 11) is 0.